The molecule has 1 N–H and O–H groups in total. The molecule has 104 valence electrons. The third-order valence-corrected chi connectivity index (χ3v) is 5.56. The van der Waals surface area contributed by atoms with Gasteiger partial charge in [-0.15, -0.1) is 0 Å². The second-order valence-corrected chi connectivity index (χ2v) is 7.11. The topological polar surface area (TPSA) is 52.7 Å². The standard InChI is InChI=1S/C10H25N3O2S2/c1-10(9-16-5)13(4)17(14,15)12(3)8-6-7-11-2/h10-11H,6-9H2,1-5H3. The van der Waals surface area contributed by atoms with Crippen molar-refractivity contribution in [2.24, 2.45) is 0 Å². The summed E-state index contributed by atoms with van der Waals surface area (Å²) >= 11 is 1.65. The fraction of sp³-hybridized carbons (Fsp3) is 1.00. The smallest absolute Gasteiger partial charge is 0.281 e. The molecule has 0 aromatic carbocycles. The molecular weight excluding hydrogens is 258 g/mol. The van der Waals surface area contributed by atoms with E-state index < -0.39 is 10.2 Å². The number of rotatable bonds is 9. The summed E-state index contributed by atoms with van der Waals surface area (Å²) < 4.78 is 27.2. The Morgan fingerprint density at radius 1 is 1.35 bits per heavy atom. The van der Waals surface area contributed by atoms with Crippen molar-refractivity contribution in [2.45, 2.75) is 19.4 Å². The first kappa shape index (κ1) is 17.2. The SMILES string of the molecule is CNCCCN(C)S(=O)(=O)N(C)C(C)CSC. The molecule has 0 saturated carbocycles. The van der Waals surface area contributed by atoms with Crippen LogP contribution in [0.5, 0.6) is 0 Å². The minimum absolute atomic E-state index is 0.0155. The third kappa shape index (κ3) is 5.56. The highest BCUT2D eigenvalue weighted by molar-refractivity contribution is 7.98. The Kier molecular flexibility index (Phi) is 8.40. The third-order valence-electron chi connectivity index (χ3n) is 2.69. The predicted octanol–water partition coefficient (Wildman–Crippen LogP) is 0.456. The van der Waals surface area contributed by atoms with Gasteiger partial charge in [-0.3, -0.25) is 0 Å². The molecule has 0 aliphatic heterocycles. The highest BCUT2D eigenvalue weighted by Gasteiger charge is 2.26. The van der Waals surface area contributed by atoms with Crippen molar-refractivity contribution in [3.63, 3.8) is 0 Å². The molecule has 1 unspecified atom stereocenters. The predicted molar refractivity (Wildman–Crippen MR) is 75.7 cm³/mol. The first-order valence-electron chi connectivity index (χ1n) is 5.70. The largest absolute Gasteiger partial charge is 0.320 e. The van der Waals surface area contributed by atoms with E-state index in [0.717, 1.165) is 18.7 Å². The number of thioether (sulfide) groups is 1. The van der Waals surface area contributed by atoms with Crippen LogP contribution >= 0.6 is 11.8 Å². The Hall–Kier alpha value is 0.180. The van der Waals surface area contributed by atoms with Crippen LogP contribution in [0, 0.1) is 0 Å². The van der Waals surface area contributed by atoms with Crippen LogP contribution in [0.15, 0.2) is 0 Å². The first-order valence-corrected chi connectivity index (χ1v) is 8.49. The van der Waals surface area contributed by atoms with E-state index in [1.165, 1.54) is 8.61 Å². The Labute approximate surface area is 110 Å². The second-order valence-electron chi connectivity index (χ2n) is 4.11. The monoisotopic (exact) mass is 283 g/mol. The van der Waals surface area contributed by atoms with E-state index >= 15 is 0 Å². The lowest BCUT2D eigenvalue weighted by Crippen LogP contribution is -2.45. The highest BCUT2D eigenvalue weighted by Crippen LogP contribution is 2.11. The number of nitrogens with zero attached hydrogens (tertiary/aromatic N) is 2. The van der Waals surface area contributed by atoms with Crippen molar-refractivity contribution in [1.82, 2.24) is 13.9 Å². The zero-order valence-electron chi connectivity index (χ0n) is 11.4. The van der Waals surface area contributed by atoms with Gasteiger partial charge in [-0.25, -0.2) is 0 Å². The van der Waals surface area contributed by atoms with Gasteiger partial charge in [-0.05, 0) is 33.2 Å². The van der Waals surface area contributed by atoms with Crippen LogP contribution in [0.4, 0.5) is 0 Å². The fourth-order valence-electron chi connectivity index (χ4n) is 1.39. The summed E-state index contributed by atoms with van der Waals surface area (Å²) in [7, 11) is 1.82. The van der Waals surface area contributed by atoms with Crippen molar-refractivity contribution in [1.29, 1.82) is 0 Å². The van der Waals surface area contributed by atoms with Crippen molar-refractivity contribution >= 4 is 22.0 Å². The van der Waals surface area contributed by atoms with E-state index in [4.69, 9.17) is 0 Å². The molecule has 0 radical (unpaired) electrons. The summed E-state index contributed by atoms with van der Waals surface area (Å²) in [5.74, 6) is 0.806. The molecule has 0 aromatic rings. The lowest BCUT2D eigenvalue weighted by Gasteiger charge is -2.28. The molecule has 0 fully saturated rings. The zero-order valence-corrected chi connectivity index (χ0v) is 13.1. The van der Waals surface area contributed by atoms with E-state index in [2.05, 4.69) is 5.32 Å². The maximum absolute atomic E-state index is 12.2. The van der Waals surface area contributed by atoms with E-state index in [-0.39, 0.29) is 6.04 Å². The number of hydrogen-bond donors (Lipinski definition) is 1. The van der Waals surface area contributed by atoms with E-state index in [1.807, 2.05) is 20.2 Å². The summed E-state index contributed by atoms with van der Waals surface area (Å²) in [6.07, 6.45) is 2.80. The van der Waals surface area contributed by atoms with Gasteiger partial charge in [-0.1, -0.05) is 0 Å². The molecule has 0 heterocycles. The minimum atomic E-state index is -3.32. The zero-order chi connectivity index (χ0) is 13.5. The van der Waals surface area contributed by atoms with Crippen LogP contribution in [0.3, 0.4) is 0 Å². The van der Waals surface area contributed by atoms with Crippen molar-refractivity contribution in [2.75, 3.05) is 46.2 Å². The Bertz CT molecular complexity index is 296. The van der Waals surface area contributed by atoms with Crippen LogP contribution in [0.25, 0.3) is 0 Å². The summed E-state index contributed by atoms with van der Waals surface area (Å²) in [6, 6.07) is 0.0155. The molecule has 0 spiro atoms. The number of nitrogens with one attached hydrogen (secondary N) is 1. The van der Waals surface area contributed by atoms with Crippen LogP contribution in [-0.4, -0.2) is 69.3 Å². The normalized spacial score (nSPS) is 14.5. The average Bonchev–Trinajstić information content (AvgIpc) is 2.28. The fourth-order valence-corrected chi connectivity index (χ4v) is 3.52. The van der Waals surface area contributed by atoms with Crippen LogP contribution in [-0.2, 0) is 10.2 Å². The molecule has 0 rings (SSSR count). The average molecular weight is 283 g/mol. The summed E-state index contributed by atoms with van der Waals surface area (Å²) in [5.41, 5.74) is 0. The lowest BCUT2D eigenvalue weighted by atomic mass is 10.4. The van der Waals surface area contributed by atoms with Gasteiger partial charge in [0.2, 0.25) is 0 Å². The summed E-state index contributed by atoms with van der Waals surface area (Å²) in [6.45, 7) is 3.29. The van der Waals surface area contributed by atoms with E-state index in [0.29, 0.717) is 6.54 Å². The summed E-state index contributed by atoms with van der Waals surface area (Å²) in [5, 5.41) is 3.01. The van der Waals surface area contributed by atoms with E-state index in [1.54, 1.807) is 25.9 Å². The van der Waals surface area contributed by atoms with Gasteiger partial charge in [0, 0.05) is 32.4 Å². The van der Waals surface area contributed by atoms with Gasteiger partial charge in [0.1, 0.15) is 0 Å². The molecule has 17 heavy (non-hydrogen) atoms. The Balaban J connectivity index is 4.43. The molecule has 0 aliphatic rings. The lowest BCUT2D eigenvalue weighted by molar-refractivity contribution is 0.358. The minimum Gasteiger partial charge on any atom is -0.320 e. The van der Waals surface area contributed by atoms with Crippen LogP contribution in [0.2, 0.25) is 0 Å². The van der Waals surface area contributed by atoms with Crippen molar-refractivity contribution < 1.29 is 8.42 Å². The maximum atomic E-state index is 12.2. The molecule has 0 aromatic heterocycles. The highest BCUT2D eigenvalue weighted by atomic mass is 32.2. The van der Waals surface area contributed by atoms with Gasteiger partial charge in [-0.2, -0.15) is 28.8 Å². The van der Waals surface area contributed by atoms with Gasteiger partial charge in [0.15, 0.2) is 0 Å². The van der Waals surface area contributed by atoms with Gasteiger partial charge in [0.25, 0.3) is 10.2 Å². The molecule has 5 nitrogen and oxygen atoms in total. The first-order chi connectivity index (χ1) is 7.87. The Morgan fingerprint density at radius 3 is 2.41 bits per heavy atom. The van der Waals surface area contributed by atoms with E-state index in [9.17, 15) is 8.42 Å². The molecule has 7 heteroatoms. The molecule has 0 bridgehead atoms. The molecule has 0 saturated heterocycles. The van der Waals surface area contributed by atoms with Gasteiger partial charge < -0.3 is 5.32 Å². The molecular formula is C10H25N3O2S2. The number of hydrogen-bond acceptors (Lipinski definition) is 4. The molecule has 0 aliphatic carbocycles. The maximum Gasteiger partial charge on any atom is 0.281 e. The van der Waals surface area contributed by atoms with Crippen molar-refractivity contribution in [3.05, 3.63) is 0 Å². The van der Waals surface area contributed by atoms with Crippen LogP contribution in [0.1, 0.15) is 13.3 Å². The second kappa shape index (κ2) is 8.31. The van der Waals surface area contributed by atoms with Crippen LogP contribution < -0.4 is 5.32 Å². The quantitative estimate of drug-likeness (QED) is 0.625. The molecule has 0 amide bonds. The van der Waals surface area contributed by atoms with Gasteiger partial charge >= 0.3 is 0 Å². The summed E-state index contributed by atoms with van der Waals surface area (Å²) in [4.78, 5) is 0. The Morgan fingerprint density at radius 2 is 1.94 bits per heavy atom. The van der Waals surface area contributed by atoms with Crippen molar-refractivity contribution in [3.8, 4) is 0 Å². The molecule has 1 atom stereocenters. The van der Waals surface area contributed by atoms with Gasteiger partial charge in [0.05, 0.1) is 0 Å².